The van der Waals surface area contributed by atoms with E-state index < -0.39 is 5.54 Å². The van der Waals surface area contributed by atoms with Crippen LogP contribution in [0.2, 0.25) is 0 Å². The molecule has 2 fully saturated rings. The van der Waals surface area contributed by atoms with Gasteiger partial charge in [-0.2, -0.15) is 0 Å². The van der Waals surface area contributed by atoms with E-state index >= 15 is 0 Å². The maximum absolute atomic E-state index is 12.1. The molecule has 0 spiro atoms. The van der Waals surface area contributed by atoms with Gasteiger partial charge in [-0.3, -0.25) is 14.7 Å². The van der Waals surface area contributed by atoms with Gasteiger partial charge in [0.2, 0.25) is 5.91 Å². The van der Waals surface area contributed by atoms with Gasteiger partial charge in [0.1, 0.15) is 5.54 Å². The number of carbonyl (C=O) groups excluding carboxylic acids is 1. The molecule has 3 N–H and O–H groups in total. The van der Waals surface area contributed by atoms with Crippen molar-refractivity contribution < 1.29 is 4.79 Å². The summed E-state index contributed by atoms with van der Waals surface area (Å²) >= 11 is 0. The summed E-state index contributed by atoms with van der Waals surface area (Å²) < 4.78 is 0. The predicted octanol–water partition coefficient (Wildman–Crippen LogP) is 1.29. The Labute approximate surface area is 132 Å². The SMILES string of the molecule is NC(=O)C1(C2CCN(Cc3ccncc3)CC2)CCCCN1. The summed E-state index contributed by atoms with van der Waals surface area (Å²) in [5, 5.41) is 3.46. The Morgan fingerprint density at radius 3 is 2.64 bits per heavy atom. The molecule has 1 amide bonds. The lowest BCUT2D eigenvalue weighted by Gasteiger charge is -2.45. The lowest BCUT2D eigenvalue weighted by Crippen LogP contribution is -2.63. The molecule has 1 atom stereocenters. The Kier molecular flexibility index (Phi) is 4.74. The van der Waals surface area contributed by atoms with Gasteiger partial charge >= 0.3 is 0 Å². The Morgan fingerprint density at radius 2 is 2.05 bits per heavy atom. The molecule has 5 heteroatoms. The van der Waals surface area contributed by atoms with Gasteiger partial charge in [-0.1, -0.05) is 0 Å². The molecule has 120 valence electrons. The fourth-order valence-electron chi connectivity index (χ4n) is 4.02. The van der Waals surface area contributed by atoms with E-state index in [0.717, 1.165) is 58.3 Å². The van der Waals surface area contributed by atoms with Crippen molar-refractivity contribution in [1.82, 2.24) is 15.2 Å². The van der Waals surface area contributed by atoms with Crippen molar-refractivity contribution in [3.8, 4) is 0 Å². The molecule has 1 aromatic rings. The molecule has 5 nitrogen and oxygen atoms in total. The van der Waals surface area contributed by atoms with Crippen LogP contribution in [0, 0.1) is 5.92 Å². The maximum Gasteiger partial charge on any atom is 0.238 e. The number of piperidine rings is 2. The molecular weight excluding hydrogens is 276 g/mol. The number of nitrogens with two attached hydrogens (primary N) is 1. The minimum absolute atomic E-state index is 0.153. The van der Waals surface area contributed by atoms with Gasteiger partial charge in [0.25, 0.3) is 0 Å². The zero-order valence-electron chi connectivity index (χ0n) is 13.1. The van der Waals surface area contributed by atoms with Gasteiger partial charge < -0.3 is 11.1 Å². The molecule has 2 aliphatic rings. The largest absolute Gasteiger partial charge is 0.368 e. The predicted molar refractivity (Wildman–Crippen MR) is 86.0 cm³/mol. The summed E-state index contributed by atoms with van der Waals surface area (Å²) in [5.41, 5.74) is 6.61. The summed E-state index contributed by atoms with van der Waals surface area (Å²) in [4.78, 5) is 18.6. The monoisotopic (exact) mass is 302 g/mol. The maximum atomic E-state index is 12.1. The van der Waals surface area contributed by atoms with Crippen LogP contribution in [0.15, 0.2) is 24.5 Å². The Balaban J connectivity index is 1.59. The smallest absolute Gasteiger partial charge is 0.238 e. The van der Waals surface area contributed by atoms with Crippen LogP contribution in [0.3, 0.4) is 0 Å². The van der Waals surface area contributed by atoms with Crippen molar-refractivity contribution in [1.29, 1.82) is 0 Å². The molecular formula is C17H26N4O. The van der Waals surface area contributed by atoms with E-state index in [2.05, 4.69) is 27.3 Å². The molecule has 1 unspecified atom stereocenters. The Hall–Kier alpha value is -1.46. The Bertz CT molecular complexity index is 491. The molecule has 0 bridgehead atoms. The second kappa shape index (κ2) is 6.75. The summed E-state index contributed by atoms with van der Waals surface area (Å²) in [5.74, 6) is 0.221. The molecule has 0 aliphatic carbocycles. The minimum atomic E-state index is -0.457. The Morgan fingerprint density at radius 1 is 1.32 bits per heavy atom. The standard InChI is InChI=1S/C17H26N4O/c18-16(22)17(7-1-2-8-20-17)15-5-11-21(12-6-15)13-14-3-9-19-10-4-14/h3-4,9-10,15,20H,1-2,5-8,11-13H2,(H2,18,22). The number of carbonyl (C=O) groups is 1. The molecule has 0 radical (unpaired) electrons. The number of hydrogen-bond acceptors (Lipinski definition) is 4. The number of likely N-dealkylation sites (tertiary alicyclic amines) is 1. The van der Waals surface area contributed by atoms with Crippen LogP contribution in [0.25, 0.3) is 0 Å². The van der Waals surface area contributed by atoms with Gasteiger partial charge in [0.05, 0.1) is 0 Å². The third-order valence-corrected chi connectivity index (χ3v) is 5.32. The van der Waals surface area contributed by atoms with Crippen LogP contribution < -0.4 is 11.1 Å². The third-order valence-electron chi connectivity index (χ3n) is 5.32. The normalized spacial score (nSPS) is 27.6. The molecule has 1 aromatic heterocycles. The van der Waals surface area contributed by atoms with Crippen molar-refractivity contribution in [3.63, 3.8) is 0 Å². The van der Waals surface area contributed by atoms with Crippen LogP contribution in [-0.2, 0) is 11.3 Å². The first-order chi connectivity index (χ1) is 10.7. The van der Waals surface area contributed by atoms with E-state index in [1.165, 1.54) is 5.56 Å². The summed E-state index contributed by atoms with van der Waals surface area (Å²) in [6.45, 7) is 3.94. The van der Waals surface area contributed by atoms with Crippen LogP contribution in [-0.4, -0.2) is 41.0 Å². The fraction of sp³-hybridized carbons (Fsp3) is 0.647. The summed E-state index contributed by atoms with van der Waals surface area (Å²) in [6, 6.07) is 4.14. The van der Waals surface area contributed by atoms with Crippen molar-refractivity contribution in [2.45, 2.75) is 44.2 Å². The second-order valence-electron chi connectivity index (χ2n) is 6.63. The molecule has 3 heterocycles. The first-order valence-corrected chi connectivity index (χ1v) is 8.37. The highest BCUT2D eigenvalue weighted by Gasteiger charge is 2.45. The zero-order chi connectivity index (χ0) is 15.4. The highest BCUT2D eigenvalue weighted by molar-refractivity contribution is 5.85. The van der Waals surface area contributed by atoms with Crippen LogP contribution in [0.4, 0.5) is 0 Å². The number of rotatable bonds is 4. The first kappa shape index (κ1) is 15.4. The van der Waals surface area contributed by atoms with Gasteiger partial charge in [-0.25, -0.2) is 0 Å². The minimum Gasteiger partial charge on any atom is -0.368 e. The lowest BCUT2D eigenvalue weighted by atomic mass is 9.72. The number of nitrogens with zero attached hydrogens (tertiary/aromatic N) is 2. The number of primary amides is 1. The number of amides is 1. The third kappa shape index (κ3) is 3.15. The second-order valence-corrected chi connectivity index (χ2v) is 6.63. The lowest BCUT2D eigenvalue weighted by molar-refractivity contribution is -0.129. The van der Waals surface area contributed by atoms with Crippen LogP contribution in [0.1, 0.15) is 37.7 Å². The van der Waals surface area contributed by atoms with Gasteiger partial charge in [0, 0.05) is 18.9 Å². The quantitative estimate of drug-likeness (QED) is 0.879. The average molecular weight is 302 g/mol. The van der Waals surface area contributed by atoms with Crippen molar-refractivity contribution in [2.24, 2.45) is 11.7 Å². The molecule has 0 saturated carbocycles. The van der Waals surface area contributed by atoms with Gasteiger partial charge in [-0.15, -0.1) is 0 Å². The molecule has 2 aliphatic heterocycles. The molecule has 22 heavy (non-hydrogen) atoms. The van der Waals surface area contributed by atoms with E-state index in [4.69, 9.17) is 5.73 Å². The van der Waals surface area contributed by atoms with E-state index in [9.17, 15) is 4.79 Å². The van der Waals surface area contributed by atoms with E-state index in [0.29, 0.717) is 5.92 Å². The molecule has 0 aromatic carbocycles. The van der Waals surface area contributed by atoms with Gasteiger partial charge in [-0.05, 0) is 75.4 Å². The van der Waals surface area contributed by atoms with Crippen LogP contribution >= 0.6 is 0 Å². The summed E-state index contributed by atoms with van der Waals surface area (Å²) in [6.07, 6.45) is 8.93. The van der Waals surface area contributed by atoms with Gasteiger partial charge in [0.15, 0.2) is 0 Å². The highest BCUT2D eigenvalue weighted by atomic mass is 16.1. The van der Waals surface area contributed by atoms with Crippen molar-refractivity contribution >= 4 is 5.91 Å². The van der Waals surface area contributed by atoms with Crippen molar-refractivity contribution in [3.05, 3.63) is 30.1 Å². The average Bonchev–Trinajstić information content (AvgIpc) is 2.57. The van der Waals surface area contributed by atoms with Crippen LogP contribution in [0.5, 0.6) is 0 Å². The number of hydrogen-bond donors (Lipinski definition) is 2. The van der Waals surface area contributed by atoms with E-state index in [1.54, 1.807) is 0 Å². The molecule has 3 rings (SSSR count). The number of pyridine rings is 1. The first-order valence-electron chi connectivity index (χ1n) is 8.37. The van der Waals surface area contributed by atoms with E-state index in [-0.39, 0.29) is 5.91 Å². The summed E-state index contributed by atoms with van der Waals surface area (Å²) in [7, 11) is 0. The number of nitrogens with one attached hydrogen (secondary N) is 1. The zero-order valence-corrected chi connectivity index (χ0v) is 13.1. The number of aromatic nitrogens is 1. The molecule has 2 saturated heterocycles. The van der Waals surface area contributed by atoms with Crippen molar-refractivity contribution in [2.75, 3.05) is 19.6 Å². The van der Waals surface area contributed by atoms with E-state index in [1.807, 2.05) is 12.4 Å². The topological polar surface area (TPSA) is 71.2 Å². The fourth-order valence-corrected chi connectivity index (χ4v) is 4.02. The highest BCUT2D eigenvalue weighted by Crippen LogP contribution is 2.34.